The molecule has 240 valence electrons. The molecule has 1 aromatic carbocycles. The van der Waals surface area contributed by atoms with E-state index in [1.165, 1.54) is 16.8 Å². The van der Waals surface area contributed by atoms with Crippen LogP contribution in [0.25, 0.3) is 33.3 Å². The number of carboxylic acid groups (broad SMARTS) is 1. The van der Waals surface area contributed by atoms with Gasteiger partial charge in [-0.15, -0.1) is 0 Å². The summed E-state index contributed by atoms with van der Waals surface area (Å²) in [6, 6.07) is 2.82. The van der Waals surface area contributed by atoms with Crippen LogP contribution in [0.3, 0.4) is 0 Å². The Morgan fingerprint density at radius 3 is 2.72 bits per heavy atom. The molecule has 2 N–H and O–H groups in total. The minimum atomic E-state index is -1.32. The van der Waals surface area contributed by atoms with Crippen molar-refractivity contribution in [1.82, 2.24) is 19.4 Å². The second-order valence-corrected chi connectivity index (χ2v) is 12.8. The first kappa shape index (κ1) is 30.2. The van der Waals surface area contributed by atoms with Gasteiger partial charge in [0.25, 0.3) is 0 Å². The molecule has 4 aromatic rings. The van der Waals surface area contributed by atoms with Crippen LogP contribution in [0.2, 0.25) is 0 Å². The van der Waals surface area contributed by atoms with Crippen LogP contribution in [-0.4, -0.2) is 84.0 Å². The molecule has 0 radical (unpaired) electrons. The maximum Gasteiger partial charge on any atom is 0.341 e. The maximum atomic E-state index is 15.9. The SMILES string of the molecule is CNc1cc(F)c(F)c2c1Cc1ncc(-c3cnc4c(c3)c(=O)c(C(=O)O)cn4C)c(N3CCC4(CCCN(CCOC)C4)C3)c1-2. The molecule has 0 amide bonds. The summed E-state index contributed by atoms with van der Waals surface area (Å²) in [4.78, 5) is 39.2. The lowest BCUT2D eigenvalue weighted by Gasteiger charge is -2.40. The summed E-state index contributed by atoms with van der Waals surface area (Å²) >= 11 is 0. The Morgan fingerprint density at radius 2 is 1.96 bits per heavy atom. The number of benzene rings is 1. The van der Waals surface area contributed by atoms with Gasteiger partial charge in [0.1, 0.15) is 11.2 Å². The smallest absolute Gasteiger partial charge is 0.341 e. The number of nitrogens with zero attached hydrogens (tertiary/aromatic N) is 5. The van der Waals surface area contributed by atoms with E-state index in [0.717, 1.165) is 51.1 Å². The van der Waals surface area contributed by atoms with Gasteiger partial charge in [-0.05, 0) is 37.4 Å². The van der Waals surface area contributed by atoms with E-state index in [-0.39, 0.29) is 21.9 Å². The highest BCUT2D eigenvalue weighted by Crippen LogP contribution is 2.52. The van der Waals surface area contributed by atoms with Crippen molar-refractivity contribution < 1.29 is 23.4 Å². The summed E-state index contributed by atoms with van der Waals surface area (Å²) in [7, 11) is 5.04. The Morgan fingerprint density at radius 1 is 1.13 bits per heavy atom. The number of aromatic carboxylic acids is 1. The van der Waals surface area contributed by atoms with Gasteiger partial charge in [0.2, 0.25) is 5.43 Å². The second-order valence-electron chi connectivity index (χ2n) is 12.8. The maximum absolute atomic E-state index is 15.9. The van der Waals surface area contributed by atoms with Gasteiger partial charge < -0.3 is 29.5 Å². The number of hydrogen-bond acceptors (Lipinski definition) is 8. The minimum Gasteiger partial charge on any atom is -0.477 e. The van der Waals surface area contributed by atoms with Gasteiger partial charge in [-0.25, -0.2) is 18.6 Å². The van der Waals surface area contributed by atoms with Crippen LogP contribution in [0.5, 0.6) is 0 Å². The topological polar surface area (TPSA) is 113 Å². The van der Waals surface area contributed by atoms with E-state index in [4.69, 9.17) is 9.72 Å². The normalized spacial score (nSPS) is 19.2. The van der Waals surface area contributed by atoms with Crippen molar-refractivity contribution >= 4 is 28.4 Å². The number of ether oxygens (including phenoxy) is 1. The average molecular weight is 631 g/mol. The first-order valence-corrected chi connectivity index (χ1v) is 15.5. The predicted molar refractivity (Wildman–Crippen MR) is 172 cm³/mol. The number of pyridine rings is 3. The summed E-state index contributed by atoms with van der Waals surface area (Å²) in [5.74, 6) is -3.18. The van der Waals surface area contributed by atoms with Crippen LogP contribution in [0.15, 0.2) is 35.5 Å². The molecule has 2 aliphatic heterocycles. The molecule has 46 heavy (non-hydrogen) atoms. The fourth-order valence-corrected chi connectivity index (χ4v) is 7.82. The van der Waals surface area contributed by atoms with Crippen molar-refractivity contribution in [2.24, 2.45) is 12.5 Å². The predicted octanol–water partition coefficient (Wildman–Crippen LogP) is 4.52. The summed E-state index contributed by atoms with van der Waals surface area (Å²) < 4.78 is 37.8. The highest BCUT2D eigenvalue weighted by Gasteiger charge is 2.44. The van der Waals surface area contributed by atoms with Crippen LogP contribution < -0.4 is 15.6 Å². The largest absolute Gasteiger partial charge is 0.477 e. The van der Waals surface area contributed by atoms with E-state index in [0.29, 0.717) is 58.9 Å². The van der Waals surface area contributed by atoms with Crippen molar-refractivity contribution in [1.29, 1.82) is 0 Å². The Balaban J connectivity index is 1.42. The molecule has 7 rings (SSSR count). The Hall–Kier alpha value is -4.42. The molecule has 1 atom stereocenters. The molecular weight excluding hydrogens is 594 g/mol. The third-order valence-electron chi connectivity index (χ3n) is 9.98. The lowest BCUT2D eigenvalue weighted by atomic mass is 9.79. The van der Waals surface area contributed by atoms with E-state index in [1.54, 1.807) is 39.7 Å². The molecule has 1 aliphatic carbocycles. The number of halogens is 2. The van der Waals surface area contributed by atoms with Crippen molar-refractivity contribution in [3.63, 3.8) is 0 Å². The van der Waals surface area contributed by atoms with Gasteiger partial charge in [0.15, 0.2) is 11.6 Å². The molecule has 0 saturated carbocycles. The molecule has 2 fully saturated rings. The highest BCUT2D eigenvalue weighted by atomic mass is 19.2. The van der Waals surface area contributed by atoms with Crippen LogP contribution in [0, 0.1) is 17.0 Å². The zero-order chi connectivity index (χ0) is 32.3. The van der Waals surface area contributed by atoms with Crippen LogP contribution in [-0.2, 0) is 18.2 Å². The van der Waals surface area contributed by atoms with E-state index in [1.807, 2.05) is 0 Å². The van der Waals surface area contributed by atoms with Crippen molar-refractivity contribution in [2.75, 3.05) is 63.7 Å². The molecule has 12 heteroatoms. The molecule has 1 spiro atoms. The monoisotopic (exact) mass is 630 g/mol. The highest BCUT2D eigenvalue weighted by molar-refractivity contribution is 5.98. The molecule has 5 heterocycles. The van der Waals surface area contributed by atoms with Crippen molar-refractivity contribution in [3.8, 4) is 22.3 Å². The average Bonchev–Trinajstić information content (AvgIpc) is 3.64. The molecule has 0 bridgehead atoms. The van der Waals surface area contributed by atoms with Crippen LogP contribution in [0.1, 0.15) is 40.9 Å². The first-order chi connectivity index (χ1) is 22.1. The summed E-state index contributed by atoms with van der Waals surface area (Å²) in [6.07, 6.45) is 8.02. The number of likely N-dealkylation sites (tertiary alicyclic amines) is 1. The number of anilines is 2. The number of methoxy groups -OCH3 is 1. The Labute approximate surface area is 264 Å². The summed E-state index contributed by atoms with van der Waals surface area (Å²) in [5.41, 5.74) is 3.83. The van der Waals surface area contributed by atoms with E-state index >= 15 is 8.78 Å². The number of rotatable bonds is 7. The second kappa shape index (κ2) is 11.4. The number of carboxylic acids is 1. The van der Waals surface area contributed by atoms with Gasteiger partial charge in [0, 0.05) is 112 Å². The van der Waals surface area contributed by atoms with Gasteiger partial charge in [-0.1, -0.05) is 0 Å². The third kappa shape index (κ3) is 4.82. The number of carbonyl (C=O) groups is 1. The molecular formula is C34H36F2N6O4. The van der Waals surface area contributed by atoms with Crippen LogP contribution in [0.4, 0.5) is 20.2 Å². The van der Waals surface area contributed by atoms with Gasteiger partial charge in [0.05, 0.1) is 23.4 Å². The molecule has 1 unspecified atom stereocenters. The van der Waals surface area contributed by atoms with Gasteiger partial charge in [-0.2, -0.15) is 0 Å². The fraction of sp³-hybridized carbons (Fsp3) is 0.412. The number of nitrogens with one attached hydrogen (secondary N) is 1. The fourth-order valence-electron chi connectivity index (χ4n) is 7.82. The quantitative estimate of drug-likeness (QED) is 0.268. The van der Waals surface area contributed by atoms with E-state index in [2.05, 4.69) is 20.1 Å². The number of aromatic nitrogens is 3. The summed E-state index contributed by atoms with van der Waals surface area (Å²) in [5, 5.41) is 12.8. The number of piperidine rings is 1. The van der Waals surface area contributed by atoms with E-state index in [9.17, 15) is 14.7 Å². The Kier molecular flexibility index (Phi) is 7.51. The number of hydrogen-bond donors (Lipinski definition) is 2. The lowest BCUT2D eigenvalue weighted by Crippen LogP contribution is -2.45. The van der Waals surface area contributed by atoms with Gasteiger partial charge in [-0.3, -0.25) is 9.78 Å². The van der Waals surface area contributed by atoms with Crippen LogP contribution >= 0.6 is 0 Å². The van der Waals surface area contributed by atoms with Crippen molar-refractivity contribution in [3.05, 3.63) is 69.4 Å². The zero-order valence-electron chi connectivity index (χ0n) is 26.1. The van der Waals surface area contributed by atoms with Gasteiger partial charge >= 0.3 is 5.97 Å². The van der Waals surface area contributed by atoms with Crippen molar-refractivity contribution in [2.45, 2.75) is 25.7 Å². The number of aryl methyl sites for hydroxylation is 1. The standard InChI is InChI=1S/C34H36F2N6O4/c1-37-25-13-24(35)29(36)27-20(25)12-26-28(27)30(42-8-6-34(18-42)5-4-7-41(17-34)9-10-46-3)22(15-38-26)19-11-21-31(43)23(33(44)45)16-40(2)32(21)39-14-19/h11,13-16,37H,4-10,12,17-18H2,1-3H3,(H,44,45). The third-order valence-corrected chi connectivity index (χ3v) is 9.98. The minimum absolute atomic E-state index is 0.0193. The molecule has 10 nitrogen and oxygen atoms in total. The van der Waals surface area contributed by atoms with E-state index < -0.39 is 23.0 Å². The zero-order valence-corrected chi connectivity index (χ0v) is 26.1. The molecule has 3 aromatic heterocycles. The number of fused-ring (bicyclic) bond motifs is 4. The first-order valence-electron chi connectivity index (χ1n) is 15.5. The lowest BCUT2D eigenvalue weighted by molar-refractivity contribution is 0.0694. The molecule has 3 aliphatic rings. The molecule has 2 saturated heterocycles. The Bertz CT molecular complexity index is 1960. The summed E-state index contributed by atoms with van der Waals surface area (Å²) in [6.45, 7) is 4.88.